The van der Waals surface area contributed by atoms with E-state index in [9.17, 15) is 4.79 Å². The lowest BCUT2D eigenvalue weighted by Crippen LogP contribution is -2.45. The van der Waals surface area contributed by atoms with Crippen LogP contribution in [0, 0.1) is 0 Å². The number of carbonyl (C=O) groups is 1. The Bertz CT molecular complexity index is 172. The molecule has 2 bridgehead atoms. The Balaban J connectivity index is 2.13. The predicted octanol–water partition coefficient (Wildman–Crippen LogP) is 1.59. The van der Waals surface area contributed by atoms with Crippen molar-refractivity contribution in [1.29, 1.82) is 0 Å². The summed E-state index contributed by atoms with van der Waals surface area (Å²) in [6, 6.07) is 1.14. The van der Waals surface area contributed by atoms with E-state index in [1.54, 1.807) is 0 Å². The third-order valence-corrected chi connectivity index (χ3v) is 3.40. The molecule has 0 saturated carbocycles. The minimum absolute atomic E-state index is 0.491. The van der Waals surface area contributed by atoms with E-state index >= 15 is 0 Å². The number of rotatable bonds is 0. The van der Waals surface area contributed by atoms with Gasteiger partial charge < -0.3 is 0 Å². The summed E-state index contributed by atoms with van der Waals surface area (Å²) in [6.45, 7) is 0. The van der Waals surface area contributed by atoms with Crippen LogP contribution in [0.3, 0.4) is 0 Å². The Morgan fingerprint density at radius 1 is 1.17 bits per heavy atom. The summed E-state index contributed by atoms with van der Waals surface area (Å²) >= 11 is 0. The summed E-state index contributed by atoms with van der Waals surface area (Å²) in [7, 11) is 2.19. The van der Waals surface area contributed by atoms with Gasteiger partial charge in [-0.25, -0.2) is 0 Å². The lowest BCUT2D eigenvalue weighted by molar-refractivity contribution is -0.124. The van der Waals surface area contributed by atoms with Gasteiger partial charge in [-0.2, -0.15) is 0 Å². The highest BCUT2D eigenvalue weighted by Gasteiger charge is 2.33. The first kappa shape index (κ1) is 8.24. The zero-order chi connectivity index (χ0) is 8.55. The fourth-order valence-corrected chi connectivity index (χ4v) is 2.57. The number of carbonyl (C=O) groups excluding carboxylic acids is 1. The molecule has 0 unspecified atom stereocenters. The van der Waals surface area contributed by atoms with Crippen molar-refractivity contribution in [2.24, 2.45) is 0 Å². The fraction of sp³-hybridized carbons (Fsp3) is 0.900. The molecule has 0 amide bonds. The molecule has 2 heterocycles. The molecule has 2 saturated heterocycles. The normalized spacial score (nSPS) is 37.9. The maximum atomic E-state index is 11.3. The molecule has 68 valence electrons. The molecule has 2 rings (SSSR count). The van der Waals surface area contributed by atoms with E-state index in [1.807, 2.05) is 0 Å². The van der Waals surface area contributed by atoms with E-state index in [2.05, 4.69) is 11.9 Å². The molecule has 2 aliphatic rings. The molecular formula is C10H17NO. The summed E-state index contributed by atoms with van der Waals surface area (Å²) in [5, 5.41) is 0. The molecule has 12 heavy (non-hydrogen) atoms. The van der Waals surface area contributed by atoms with E-state index in [1.165, 1.54) is 25.7 Å². The Labute approximate surface area is 73.9 Å². The van der Waals surface area contributed by atoms with E-state index in [4.69, 9.17) is 0 Å². The smallest absolute Gasteiger partial charge is 0.136 e. The van der Waals surface area contributed by atoms with Gasteiger partial charge in [0.1, 0.15) is 5.78 Å². The minimum Gasteiger partial charge on any atom is -0.300 e. The molecule has 0 spiro atoms. The monoisotopic (exact) mass is 167 g/mol. The number of nitrogens with zero attached hydrogens (tertiary/aromatic N) is 1. The largest absolute Gasteiger partial charge is 0.300 e. The van der Waals surface area contributed by atoms with Crippen LogP contribution in [0.4, 0.5) is 0 Å². The molecule has 0 aromatic carbocycles. The number of hydrogen-bond donors (Lipinski definition) is 0. The van der Waals surface area contributed by atoms with Crippen LogP contribution in [-0.4, -0.2) is 29.8 Å². The highest BCUT2D eigenvalue weighted by molar-refractivity contribution is 5.80. The fourth-order valence-electron chi connectivity index (χ4n) is 2.57. The van der Waals surface area contributed by atoms with Crippen LogP contribution in [0.15, 0.2) is 0 Å². The topological polar surface area (TPSA) is 20.3 Å². The Hall–Kier alpha value is -0.370. The van der Waals surface area contributed by atoms with E-state index < -0.39 is 0 Å². The van der Waals surface area contributed by atoms with Crippen LogP contribution >= 0.6 is 0 Å². The standard InChI is InChI=1S/C10H17NO/c1-11-8-4-2-3-5-9(11)7-10(12)6-8/h8-9H,2-7H2,1H3/t8-,9-/m0/s1. The van der Waals surface area contributed by atoms with Crippen LogP contribution < -0.4 is 0 Å². The Morgan fingerprint density at radius 2 is 1.67 bits per heavy atom. The summed E-state index contributed by atoms with van der Waals surface area (Å²) in [4.78, 5) is 13.8. The number of hydrogen-bond acceptors (Lipinski definition) is 2. The molecular weight excluding hydrogens is 150 g/mol. The van der Waals surface area contributed by atoms with Crippen molar-refractivity contribution in [2.75, 3.05) is 7.05 Å². The summed E-state index contributed by atoms with van der Waals surface area (Å²) in [5.41, 5.74) is 0. The average Bonchev–Trinajstić information content (AvgIpc) is 2.19. The number of ketones is 1. The molecule has 0 N–H and O–H groups in total. The summed E-state index contributed by atoms with van der Waals surface area (Å²) < 4.78 is 0. The average molecular weight is 167 g/mol. The van der Waals surface area contributed by atoms with Crippen molar-refractivity contribution in [3.63, 3.8) is 0 Å². The molecule has 0 aromatic rings. The van der Waals surface area contributed by atoms with Crippen molar-refractivity contribution in [3.05, 3.63) is 0 Å². The first-order valence-corrected chi connectivity index (χ1v) is 5.01. The molecule has 2 nitrogen and oxygen atoms in total. The summed E-state index contributed by atoms with van der Waals surface area (Å²) in [5.74, 6) is 0.491. The van der Waals surface area contributed by atoms with Gasteiger partial charge in [0.15, 0.2) is 0 Å². The van der Waals surface area contributed by atoms with E-state index in [-0.39, 0.29) is 0 Å². The van der Waals surface area contributed by atoms with Crippen molar-refractivity contribution >= 4 is 5.78 Å². The van der Waals surface area contributed by atoms with Gasteiger partial charge in [-0.05, 0) is 19.9 Å². The molecule has 2 aliphatic heterocycles. The van der Waals surface area contributed by atoms with Crippen LogP contribution in [0.5, 0.6) is 0 Å². The first-order valence-electron chi connectivity index (χ1n) is 5.01. The van der Waals surface area contributed by atoms with Gasteiger partial charge >= 0.3 is 0 Å². The van der Waals surface area contributed by atoms with Crippen LogP contribution in [0.2, 0.25) is 0 Å². The highest BCUT2D eigenvalue weighted by atomic mass is 16.1. The van der Waals surface area contributed by atoms with Gasteiger partial charge in [-0.3, -0.25) is 9.69 Å². The second-order valence-corrected chi connectivity index (χ2v) is 4.20. The molecule has 0 aliphatic carbocycles. The molecule has 0 radical (unpaired) electrons. The molecule has 2 atom stereocenters. The van der Waals surface area contributed by atoms with Gasteiger partial charge in [-0.1, -0.05) is 12.8 Å². The van der Waals surface area contributed by atoms with Gasteiger partial charge in [0.05, 0.1) is 0 Å². The third-order valence-electron chi connectivity index (χ3n) is 3.40. The molecule has 0 aromatic heterocycles. The lowest BCUT2D eigenvalue weighted by Gasteiger charge is -2.36. The van der Waals surface area contributed by atoms with Gasteiger partial charge in [0, 0.05) is 24.9 Å². The maximum absolute atomic E-state index is 11.3. The molecule has 2 fully saturated rings. The SMILES string of the molecule is CN1[C@H]2CCCC[C@H]1CC(=O)C2. The van der Waals surface area contributed by atoms with Crippen LogP contribution in [0.1, 0.15) is 38.5 Å². The number of Topliss-reactive ketones (excluding diaryl/α,β-unsaturated/α-hetero) is 1. The maximum Gasteiger partial charge on any atom is 0.136 e. The number of piperidine rings is 1. The Morgan fingerprint density at radius 3 is 2.17 bits per heavy atom. The third kappa shape index (κ3) is 1.40. The number of fused-ring (bicyclic) bond motifs is 2. The van der Waals surface area contributed by atoms with E-state index in [0.717, 1.165) is 12.8 Å². The van der Waals surface area contributed by atoms with Crippen molar-refractivity contribution in [1.82, 2.24) is 4.90 Å². The minimum atomic E-state index is 0.491. The molecule has 2 heteroatoms. The summed E-state index contributed by atoms with van der Waals surface area (Å²) in [6.07, 6.45) is 6.73. The lowest BCUT2D eigenvalue weighted by atomic mass is 9.94. The first-order chi connectivity index (χ1) is 5.77. The van der Waals surface area contributed by atoms with Gasteiger partial charge in [-0.15, -0.1) is 0 Å². The van der Waals surface area contributed by atoms with E-state index in [0.29, 0.717) is 17.9 Å². The van der Waals surface area contributed by atoms with Crippen molar-refractivity contribution in [3.8, 4) is 0 Å². The second kappa shape index (κ2) is 3.17. The highest BCUT2D eigenvalue weighted by Crippen LogP contribution is 2.29. The Kier molecular flexibility index (Phi) is 2.18. The van der Waals surface area contributed by atoms with Crippen LogP contribution in [0.25, 0.3) is 0 Å². The van der Waals surface area contributed by atoms with Crippen LogP contribution in [-0.2, 0) is 4.79 Å². The van der Waals surface area contributed by atoms with Gasteiger partial charge in [0.25, 0.3) is 0 Å². The second-order valence-electron chi connectivity index (χ2n) is 4.20. The quantitative estimate of drug-likeness (QED) is 0.546. The van der Waals surface area contributed by atoms with Crippen molar-refractivity contribution < 1.29 is 4.79 Å². The van der Waals surface area contributed by atoms with Gasteiger partial charge in [0.2, 0.25) is 0 Å². The predicted molar refractivity (Wildman–Crippen MR) is 48.0 cm³/mol. The van der Waals surface area contributed by atoms with Crippen molar-refractivity contribution in [2.45, 2.75) is 50.6 Å². The zero-order valence-corrected chi connectivity index (χ0v) is 7.75. The zero-order valence-electron chi connectivity index (χ0n) is 7.75.